The van der Waals surface area contributed by atoms with Crippen molar-refractivity contribution in [2.75, 3.05) is 13.1 Å². The van der Waals surface area contributed by atoms with Gasteiger partial charge in [-0.15, -0.1) is 0 Å². The van der Waals surface area contributed by atoms with Gasteiger partial charge in [-0.2, -0.15) is 5.10 Å². The summed E-state index contributed by atoms with van der Waals surface area (Å²) in [5.41, 5.74) is 4.44. The van der Waals surface area contributed by atoms with E-state index in [-0.39, 0.29) is 0 Å². The molecule has 3 rings (SSSR count). The van der Waals surface area contributed by atoms with E-state index in [1.165, 1.54) is 5.56 Å². The van der Waals surface area contributed by atoms with Crippen molar-refractivity contribution in [3.05, 3.63) is 65.4 Å². The second-order valence-corrected chi connectivity index (χ2v) is 6.27. The molecule has 1 unspecified atom stereocenters. The van der Waals surface area contributed by atoms with Crippen LogP contribution in [0.1, 0.15) is 36.1 Å². The van der Waals surface area contributed by atoms with E-state index < -0.39 is 6.10 Å². The fourth-order valence-corrected chi connectivity index (χ4v) is 3.19. The summed E-state index contributed by atoms with van der Waals surface area (Å²) in [4.78, 5) is 2.37. The summed E-state index contributed by atoms with van der Waals surface area (Å²) in [6.07, 6.45) is 2.11. The number of H-pyrrole nitrogens is 1. The third-order valence-electron chi connectivity index (χ3n) is 4.71. The van der Waals surface area contributed by atoms with Crippen LogP contribution < -0.4 is 0 Å². The van der Waals surface area contributed by atoms with Crippen LogP contribution in [0.4, 0.5) is 0 Å². The molecule has 0 saturated heterocycles. The minimum Gasteiger partial charge on any atom is -0.388 e. The smallest absolute Gasteiger partial charge is 0.0805 e. The Balaban J connectivity index is 1.64. The Bertz CT molecular complexity index is 782. The summed E-state index contributed by atoms with van der Waals surface area (Å²) in [6, 6.07) is 14.5. The Morgan fingerprint density at radius 1 is 1.17 bits per heavy atom. The number of fused-ring (bicyclic) bond motifs is 1. The van der Waals surface area contributed by atoms with E-state index in [4.69, 9.17) is 0 Å². The number of aliphatic hydroxyl groups excluding tert-OH is 1. The normalized spacial score (nSPS) is 12.8. The number of hydrogen-bond acceptors (Lipinski definition) is 3. The van der Waals surface area contributed by atoms with E-state index in [1.807, 2.05) is 24.4 Å². The van der Waals surface area contributed by atoms with Crippen LogP contribution in [0.3, 0.4) is 0 Å². The monoisotopic (exact) mass is 323 g/mol. The lowest BCUT2D eigenvalue weighted by Crippen LogP contribution is -2.25. The Kier molecular flexibility index (Phi) is 5.28. The van der Waals surface area contributed by atoms with Gasteiger partial charge in [-0.25, -0.2) is 0 Å². The molecule has 24 heavy (non-hydrogen) atoms. The van der Waals surface area contributed by atoms with Gasteiger partial charge in [0.05, 0.1) is 17.8 Å². The minimum atomic E-state index is -0.450. The molecule has 0 aliphatic carbocycles. The van der Waals surface area contributed by atoms with E-state index in [0.29, 0.717) is 0 Å². The van der Waals surface area contributed by atoms with Crippen LogP contribution in [0.25, 0.3) is 10.9 Å². The van der Waals surface area contributed by atoms with Gasteiger partial charge in [-0.05, 0) is 42.6 Å². The largest absolute Gasteiger partial charge is 0.388 e. The molecule has 1 heterocycles. The van der Waals surface area contributed by atoms with Gasteiger partial charge in [-0.1, -0.05) is 43.3 Å². The van der Waals surface area contributed by atoms with Crippen LogP contribution in [0.15, 0.2) is 48.7 Å². The summed E-state index contributed by atoms with van der Waals surface area (Å²) in [7, 11) is 0. The number of hydrogen-bond donors (Lipinski definition) is 2. The molecule has 3 aromatic rings. The molecule has 0 spiro atoms. The lowest BCUT2D eigenvalue weighted by Gasteiger charge is -2.23. The molecular formula is C20H25N3O. The SMILES string of the molecule is CCN(CCC(O)c1ccc2[nH]ncc2c1C)Cc1ccccc1. The summed E-state index contributed by atoms with van der Waals surface area (Å²) < 4.78 is 0. The summed E-state index contributed by atoms with van der Waals surface area (Å²) in [6.45, 7) is 6.98. The quantitative estimate of drug-likeness (QED) is 0.695. The topological polar surface area (TPSA) is 52.1 Å². The van der Waals surface area contributed by atoms with E-state index in [0.717, 1.165) is 48.1 Å². The molecule has 0 aliphatic heterocycles. The first kappa shape index (κ1) is 16.7. The number of rotatable bonds is 7. The molecule has 2 N–H and O–H groups in total. The molecule has 0 amide bonds. The molecule has 0 fully saturated rings. The molecule has 0 radical (unpaired) electrons. The van der Waals surface area contributed by atoms with Gasteiger partial charge in [0.15, 0.2) is 0 Å². The summed E-state index contributed by atoms with van der Waals surface area (Å²) in [5, 5.41) is 18.8. The van der Waals surface area contributed by atoms with Gasteiger partial charge in [0, 0.05) is 18.5 Å². The van der Waals surface area contributed by atoms with Crippen LogP contribution >= 0.6 is 0 Å². The average Bonchev–Trinajstić information content (AvgIpc) is 3.09. The summed E-state index contributed by atoms with van der Waals surface area (Å²) >= 11 is 0. The third kappa shape index (κ3) is 3.66. The number of aromatic amines is 1. The highest BCUT2D eigenvalue weighted by atomic mass is 16.3. The van der Waals surface area contributed by atoms with Gasteiger partial charge < -0.3 is 5.11 Å². The van der Waals surface area contributed by atoms with E-state index in [1.54, 1.807) is 0 Å². The first-order valence-corrected chi connectivity index (χ1v) is 8.56. The standard InChI is InChI=1S/C20H25N3O/c1-3-23(14-16-7-5-4-6-8-16)12-11-20(24)17-9-10-19-18(15(17)2)13-21-22-19/h4-10,13,20,24H,3,11-12,14H2,1-2H3,(H,21,22). The molecular weight excluding hydrogens is 298 g/mol. The zero-order valence-corrected chi connectivity index (χ0v) is 14.4. The third-order valence-corrected chi connectivity index (χ3v) is 4.71. The second-order valence-electron chi connectivity index (χ2n) is 6.27. The van der Waals surface area contributed by atoms with Gasteiger partial charge in [-0.3, -0.25) is 10.00 Å². The van der Waals surface area contributed by atoms with E-state index in [2.05, 4.69) is 53.2 Å². The molecule has 0 saturated carbocycles. The first-order valence-electron chi connectivity index (χ1n) is 8.56. The van der Waals surface area contributed by atoms with Crippen molar-refractivity contribution in [1.82, 2.24) is 15.1 Å². The zero-order chi connectivity index (χ0) is 16.9. The van der Waals surface area contributed by atoms with Crippen molar-refractivity contribution in [2.24, 2.45) is 0 Å². The molecule has 1 aromatic heterocycles. The molecule has 2 aromatic carbocycles. The molecule has 4 heteroatoms. The summed E-state index contributed by atoms with van der Waals surface area (Å²) in [5.74, 6) is 0. The number of nitrogens with one attached hydrogen (secondary N) is 1. The van der Waals surface area contributed by atoms with Crippen LogP contribution in [0, 0.1) is 6.92 Å². The molecule has 126 valence electrons. The van der Waals surface area contributed by atoms with Crippen molar-refractivity contribution >= 4 is 10.9 Å². The second kappa shape index (κ2) is 7.60. The van der Waals surface area contributed by atoms with Crippen molar-refractivity contribution in [3.8, 4) is 0 Å². The van der Waals surface area contributed by atoms with Crippen molar-refractivity contribution in [1.29, 1.82) is 0 Å². The number of aromatic nitrogens is 2. The Labute approximate surface area is 143 Å². The Hall–Kier alpha value is -2.17. The van der Waals surface area contributed by atoms with Crippen LogP contribution in [0.2, 0.25) is 0 Å². The van der Waals surface area contributed by atoms with Gasteiger partial charge in [0.2, 0.25) is 0 Å². The predicted molar refractivity (Wildman–Crippen MR) is 97.8 cm³/mol. The van der Waals surface area contributed by atoms with Crippen molar-refractivity contribution < 1.29 is 5.11 Å². The number of nitrogens with zero attached hydrogens (tertiary/aromatic N) is 2. The van der Waals surface area contributed by atoms with Crippen LogP contribution in [0.5, 0.6) is 0 Å². The number of aryl methyl sites for hydroxylation is 1. The zero-order valence-electron chi connectivity index (χ0n) is 14.4. The minimum absolute atomic E-state index is 0.450. The lowest BCUT2D eigenvalue weighted by atomic mass is 9.98. The number of benzene rings is 2. The fourth-order valence-electron chi connectivity index (χ4n) is 3.19. The van der Waals surface area contributed by atoms with Crippen LogP contribution in [-0.2, 0) is 6.54 Å². The number of aliphatic hydroxyl groups is 1. The molecule has 4 nitrogen and oxygen atoms in total. The van der Waals surface area contributed by atoms with Crippen LogP contribution in [-0.4, -0.2) is 33.3 Å². The Morgan fingerprint density at radius 2 is 1.96 bits per heavy atom. The Morgan fingerprint density at radius 3 is 2.71 bits per heavy atom. The molecule has 0 bridgehead atoms. The first-order chi connectivity index (χ1) is 11.7. The van der Waals surface area contributed by atoms with Gasteiger partial charge in [0.25, 0.3) is 0 Å². The average molecular weight is 323 g/mol. The molecule has 0 aliphatic rings. The highest BCUT2D eigenvalue weighted by Crippen LogP contribution is 2.26. The fraction of sp³-hybridized carbons (Fsp3) is 0.350. The highest BCUT2D eigenvalue weighted by molar-refractivity contribution is 5.82. The van der Waals surface area contributed by atoms with Crippen molar-refractivity contribution in [3.63, 3.8) is 0 Å². The maximum atomic E-state index is 10.7. The van der Waals surface area contributed by atoms with Crippen molar-refractivity contribution in [2.45, 2.75) is 32.9 Å². The van der Waals surface area contributed by atoms with Gasteiger partial charge >= 0.3 is 0 Å². The maximum absolute atomic E-state index is 10.7. The highest BCUT2D eigenvalue weighted by Gasteiger charge is 2.15. The lowest BCUT2D eigenvalue weighted by molar-refractivity contribution is 0.141. The van der Waals surface area contributed by atoms with E-state index >= 15 is 0 Å². The molecule has 1 atom stereocenters. The van der Waals surface area contributed by atoms with E-state index in [9.17, 15) is 5.11 Å². The maximum Gasteiger partial charge on any atom is 0.0805 e. The van der Waals surface area contributed by atoms with Gasteiger partial charge in [0.1, 0.15) is 0 Å². The predicted octanol–water partition coefficient (Wildman–Crippen LogP) is 3.82.